The number of nitrogens with two attached hydrogens (primary N) is 1. The predicted octanol–water partition coefficient (Wildman–Crippen LogP) is 3.87. The molecule has 0 amide bonds. The summed E-state index contributed by atoms with van der Waals surface area (Å²) < 4.78 is 0. The van der Waals surface area contributed by atoms with Crippen molar-refractivity contribution in [1.82, 2.24) is 15.0 Å². The highest BCUT2D eigenvalue weighted by atomic mass is 35.5. The maximum Gasteiger partial charge on any atom is 0.168 e. The Morgan fingerprint density at radius 3 is 2.50 bits per heavy atom. The summed E-state index contributed by atoms with van der Waals surface area (Å²) in [6, 6.07) is 11.2. The quantitative estimate of drug-likeness (QED) is 0.766. The van der Waals surface area contributed by atoms with Gasteiger partial charge in [-0.25, -0.2) is 9.97 Å². The molecule has 4 rings (SSSR count). The van der Waals surface area contributed by atoms with Gasteiger partial charge < -0.3 is 5.73 Å². The Bertz CT molecular complexity index is 910. The lowest BCUT2D eigenvalue weighted by Gasteiger charge is -2.23. The first-order chi connectivity index (χ1) is 11.7. The van der Waals surface area contributed by atoms with Crippen molar-refractivity contribution in [2.24, 2.45) is 0 Å². The van der Waals surface area contributed by atoms with Gasteiger partial charge in [-0.3, -0.25) is 14.8 Å². The molecule has 2 N–H and O–H groups in total. The molecule has 0 bridgehead atoms. The number of anilines is 5. The molecule has 3 heterocycles. The Hall–Kier alpha value is -3.12. The van der Waals surface area contributed by atoms with Crippen LogP contribution in [-0.2, 0) is 0 Å². The van der Waals surface area contributed by atoms with E-state index in [1.54, 1.807) is 12.4 Å². The van der Waals surface area contributed by atoms with Gasteiger partial charge in [-0.2, -0.15) is 0 Å². The van der Waals surface area contributed by atoms with Crippen LogP contribution < -0.4 is 15.5 Å². The van der Waals surface area contributed by atoms with Gasteiger partial charge in [0, 0.05) is 16.9 Å². The van der Waals surface area contributed by atoms with Gasteiger partial charge in [0.15, 0.2) is 11.6 Å². The Kier molecular flexibility index (Phi) is 3.32. The first kappa shape index (κ1) is 14.5. The maximum absolute atomic E-state index is 6.13. The molecule has 24 heavy (non-hydrogen) atoms. The topological polar surface area (TPSA) is 71.2 Å². The van der Waals surface area contributed by atoms with Gasteiger partial charge in [0.2, 0.25) is 0 Å². The lowest BCUT2D eigenvalue weighted by Crippen LogP contribution is -2.20. The average Bonchev–Trinajstić information content (AvgIpc) is 2.90. The van der Waals surface area contributed by atoms with Crippen molar-refractivity contribution < 1.29 is 0 Å². The first-order valence-electron chi connectivity index (χ1n) is 7.22. The fourth-order valence-electron chi connectivity index (χ4n) is 2.74. The summed E-state index contributed by atoms with van der Waals surface area (Å²) in [4.78, 5) is 16.5. The second-order valence-electron chi connectivity index (χ2n) is 5.21. The Morgan fingerprint density at radius 2 is 1.79 bits per heavy atom. The highest BCUT2D eigenvalue weighted by Crippen LogP contribution is 2.49. The highest BCUT2D eigenvalue weighted by molar-refractivity contribution is 6.30. The van der Waals surface area contributed by atoms with Gasteiger partial charge in [-0.05, 0) is 36.4 Å². The average molecular weight is 337 g/mol. The lowest BCUT2D eigenvalue weighted by molar-refractivity contribution is 1.10. The number of benzene rings is 1. The molecule has 1 aromatic carbocycles. The molecule has 6 nitrogen and oxygen atoms in total. The van der Waals surface area contributed by atoms with Crippen LogP contribution >= 0.6 is 11.6 Å². The van der Waals surface area contributed by atoms with Crippen molar-refractivity contribution in [1.29, 1.82) is 0 Å². The van der Waals surface area contributed by atoms with Gasteiger partial charge >= 0.3 is 0 Å². The third-order valence-corrected chi connectivity index (χ3v) is 4.02. The van der Waals surface area contributed by atoms with Crippen LogP contribution in [0.15, 0.2) is 67.5 Å². The number of nitrogens with zero attached hydrogens (tertiary/aromatic N) is 5. The smallest absolute Gasteiger partial charge is 0.168 e. The number of rotatable bonds is 2. The maximum atomic E-state index is 6.13. The van der Waals surface area contributed by atoms with Crippen LogP contribution in [-0.4, -0.2) is 15.0 Å². The predicted molar refractivity (Wildman–Crippen MR) is 95.6 cm³/mol. The zero-order valence-corrected chi connectivity index (χ0v) is 13.4. The monoisotopic (exact) mass is 336 g/mol. The van der Waals surface area contributed by atoms with Crippen molar-refractivity contribution in [3.8, 4) is 0 Å². The zero-order valence-electron chi connectivity index (χ0n) is 12.6. The number of halogens is 1. The van der Waals surface area contributed by atoms with Gasteiger partial charge in [0.1, 0.15) is 17.8 Å². The van der Waals surface area contributed by atoms with E-state index in [1.165, 1.54) is 6.33 Å². The summed E-state index contributed by atoms with van der Waals surface area (Å²) in [5.41, 5.74) is 8.54. The summed E-state index contributed by atoms with van der Waals surface area (Å²) in [7, 11) is 0. The third-order valence-electron chi connectivity index (χ3n) is 3.77. The van der Waals surface area contributed by atoms with E-state index in [4.69, 9.17) is 17.3 Å². The van der Waals surface area contributed by atoms with Crippen LogP contribution in [0.4, 0.5) is 28.7 Å². The van der Waals surface area contributed by atoms with Gasteiger partial charge in [-0.15, -0.1) is 0 Å². The van der Waals surface area contributed by atoms with Crippen LogP contribution in [0.5, 0.6) is 0 Å². The van der Waals surface area contributed by atoms with Gasteiger partial charge in [-0.1, -0.05) is 18.2 Å². The SMILES string of the molecule is C=C1N(c2cccnc2)c2ncnc(N)c2N1c1ccc(Cl)cc1. The molecule has 118 valence electrons. The summed E-state index contributed by atoms with van der Waals surface area (Å²) >= 11 is 6.00. The second kappa shape index (κ2) is 5.50. The standard InChI is InChI=1S/C17H13ClN6/c1-11-23(13-6-4-12(18)5-7-13)15-16(19)21-10-22-17(15)24(11)14-3-2-8-20-9-14/h2-10H,1H2,(H2,19,21,22). The van der Waals surface area contributed by atoms with E-state index in [-0.39, 0.29) is 0 Å². The van der Waals surface area contributed by atoms with Crippen LogP contribution in [0.3, 0.4) is 0 Å². The molecule has 1 aliphatic rings. The van der Waals surface area contributed by atoms with Gasteiger partial charge in [0.05, 0.1) is 11.9 Å². The van der Waals surface area contributed by atoms with Crippen molar-refractivity contribution in [2.75, 3.05) is 15.5 Å². The summed E-state index contributed by atoms with van der Waals surface area (Å²) in [5, 5.41) is 0.658. The third kappa shape index (κ3) is 2.16. The summed E-state index contributed by atoms with van der Waals surface area (Å²) in [5.74, 6) is 1.73. The molecule has 0 radical (unpaired) electrons. The summed E-state index contributed by atoms with van der Waals surface area (Å²) in [6.45, 7) is 4.22. The number of pyridine rings is 1. The molecule has 0 atom stereocenters. The van der Waals surface area contributed by atoms with Gasteiger partial charge in [0.25, 0.3) is 0 Å². The number of hydrogen-bond acceptors (Lipinski definition) is 6. The number of nitrogen functional groups attached to an aromatic ring is 1. The van der Waals surface area contributed by atoms with Crippen molar-refractivity contribution >= 4 is 40.3 Å². The van der Waals surface area contributed by atoms with Crippen molar-refractivity contribution in [3.05, 3.63) is 72.5 Å². The largest absolute Gasteiger partial charge is 0.382 e. The Balaban J connectivity index is 1.91. The molecule has 0 fully saturated rings. The number of fused-ring (bicyclic) bond motifs is 1. The molecule has 0 aliphatic carbocycles. The molecule has 0 saturated heterocycles. The summed E-state index contributed by atoms with van der Waals surface area (Å²) in [6.07, 6.45) is 4.91. The van der Waals surface area contributed by atoms with E-state index in [0.29, 0.717) is 28.2 Å². The van der Waals surface area contributed by atoms with E-state index >= 15 is 0 Å². The molecule has 1 aliphatic heterocycles. The normalized spacial score (nSPS) is 13.3. The minimum absolute atomic E-state index is 0.377. The van der Waals surface area contributed by atoms with Crippen LogP contribution in [0.2, 0.25) is 5.02 Å². The molecule has 7 heteroatoms. The Labute approximate surface area is 143 Å². The van der Waals surface area contributed by atoms with Crippen molar-refractivity contribution in [3.63, 3.8) is 0 Å². The van der Waals surface area contributed by atoms with E-state index in [0.717, 1.165) is 11.4 Å². The zero-order chi connectivity index (χ0) is 16.7. The van der Waals surface area contributed by atoms with E-state index < -0.39 is 0 Å². The molecule has 0 spiro atoms. The molecule has 2 aromatic heterocycles. The van der Waals surface area contributed by atoms with Crippen molar-refractivity contribution in [2.45, 2.75) is 0 Å². The molecular formula is C17H13ClN6. The fraction of sp³-hybridized carbons (Fsp3) is 0. The highest BCUT2D eigenvalue weighted by Gasteiger charge is 2.35. The second-order valence-corrected chi connectivity index (χ2v) is 5.64. The van der Waals surface area contributed by atoms with E-state index in [1.807, 2.05) is 46.2 Å². The fourth-order valence-corrected chi connectivity index (χ4v) is 2.86. The lowest BCUT2D eigenvalue weighted by atomic mass is 10.2. The number of hydrogen-bond donors (Lipinski definition) is 1. The minimum Gasteiger partial charge on any atom is -0.382 e. The van der Waals surface area contributed by atoms with Crippen LogP contribution in [0.1, 0.15) is 0 Å². The van der Waals surface area contributed by atoms with Crippen LogP contribution in [0, 0.1) is 0 Å². The minimum atomic E-state index is 0.377. The molecule has 0 unspecified atom stereocenters. The van der Waals surface area contributed by atoms with Crippen LogP contribution in [0.25, 0.3) is 0 Å². The molecular weight excluding hydrogens is 324 g/mol. The van der Waals surface area contributed by atoms with E-state index in [2.05, 4.69) is 21.5 Å². The molecule has 3 aromatic rings. The first-order valence-corrected chi connectivity index (χ1v) is 7.60. The Morgan fingerprint density at radius 1 is 1.00 bits per heavy atom. The number of aromatic nitrogens is 3. The van der Waals surface area contributed by atoms with E-state index in [9.17, 15) is 0 Å². The molecule has 0 saturated carbocycles.